The van der Waals surface area contributed by atoms with Crippen molar-refractivity contribution in [2.45, 2.75) is 37.6 Å². The molecule has 16 heavy (non-hydrogen) atoms. The predicted octanol–water partition coefficient (Wildman–Crippen LogP) is 1.71. The number of aromatic nitrogens is 3. The summed E-state index contributed by atoms with van der Waals surface area (Å²) in [5.41, 5.74) is 7.09. The fraction of sp³-hybridized carbons (Fsp3) is 0.500. The molecule has 1 saturated carbocycles. The standard InChI is InChI=1S/C12H16N4/c13-10-6-2-1-5-9(10)12-15-14-11-7-3-4-8-16(11)12/h3-4,7-10H,1-2,5-6,13H2. The summed E-state index contributed by atoms with van der Waals surface area (Å²) < 4.78 is 2.07. The Kier molecular flexibility index (Phi) is 2.36. The first kappa shape index (κ1) is 9.78. The molecule has 4 heteroatoms. The molecule has 2 unspecified atom stereocenters. The molecule has 0 saturated heterocycles. The lowest BCUT2D eigenvalue weighted by Crippen LogP contribution is -2.32. The van der Waals surface area contributed by atoms with Gasteiger partial charge in [0.25, 0.3) is 0 Å². The van der Waals surface area contributed by atoms with E-state index in [0.717, 1.165) is 24.3 Å². The highest BCUT2D eigenvalue weighted by atomic mass is 15.2. The van der Waals surface area contributed by atoms with Crippen LogP contribution in [0.1, 0.15) is 37.4 Å². The molecule has 2 N–H and O–H groups in total. The van der Waals surface area contributed by atoms with Gasteiger partial charge in [0.1, 0.15) is 5.82 Å². The van der Waals surface area contributed by atoms with E-state index >= 15 is 0 Å². The molecule has 0 aromatic carbocycles. The number of hydrogen-bond acceptors (Lipinski definition) is 3. The first-order valence-electron chi connectivity index (χ1n) is 5.91. The van der Waals surface area contributed by atoms with Gasteiger partial charge in [0.15, 0.2) is 5.65 Å². The number of hydrogen-bond donors (Lipinski definition) is 1. The van der Waals surface area contributed by atoms with Crippen molar-refractivity contribution < 1.29 is 0 Å². The van der Waals surface area contributed by atoms with Gasteiger partial charge in [0.05, 0.1) is 0 Å². The Morgan fingerprint density at radius 1 is 1.19 bits per heavy atom. The van der Waals surface area contributed by atoms with Crippen molar-refractivity contribution in [2.24, 2.45) is 5.73 Å². The topological polar surface area (TPSA) is 56.2 Å². The van der Waals surface area contributed by atoms with E-state index in [0.29, 0.717) is 5.92 Å². The van der Waals surface area contributed by atoms with Crippen molar-refractivity contribution in [3.8, 4) is 0 Å². The summed E-state index contributed by atoms with van der Waals surface area (Å²) in [6.45, 7) is 0. The van der Waals surface area contributed by atoms with Crippen molar-refractivity contribution in [3.05, 3.63) is 30.2 Å². The van der Waals surface area contributed by atoms with Crippen LogP contribution in [-0.2, 0) is 0 Å². The fourth-order valence-electron chi connectivity index (χ4n) is 2.59. The molecule has 0 amide bonds. The van der Waals surface area contributed by atoms with E-state index in [2.05, 4.69) is 14.6 Å². The molecule has 0 spiro atoms. The second kappa shape index (κ2) is 3.87. The van der Waals surface area contributed by atoms with Crippen molar-refractivity contribution in [1.29, 1.82) is 0 Å². The van der Waals surface area contributed by atoms with Gasteiger partial charge in [0.2, 0.25) is 0 Å². The van der Waals surface area contributed by atoms with E-state index in [4.69, 9.17) is 5.73 Å². The summed E-state index contributed by atoms with van der Waals surface area (Å²) in [6, 6.07) is 6.20. The summed E-state index contributed by atoms with van der Waals surface area (Å²) >= 11 is 0. The molecule has 3 rings (SSSR count). The van der Waals surface area contributed by atoms with E-state index in [9.17, 15) is 0 Å². The number of rotatable bonds is 1. The lowest BCUT2D eigenvalue weighted by Gasteiger charge is -2.26. The van der Waals surface area contributed by atoms with Gasteiger partial charge in [-0.25, -0.2) is 0 Å². The molecule has 2 heterocycles. The molecule has 0 radical (unpaired) electrons. The average molecular weight is 216 g/mol. The Labute approximate surface area is 94.5 Å². The lowest BCUT2D eigenvalue weighted by molar-refractivity contribution is 0.371. The van der Waals surface area contributed by atoms with Gasteiger partial charge >= 0.3 is 0 Å². The van der Waals surface area contributed by atoms with Crippen LogP contribution in [0.3, 0.4) is 0 Å². The molecule has 1 aliphatic rings. The maximum Gasteiger partial charge on any atom is 0.160 e. The minimum Gasteiger partial charge on any atom is -0.327 e. The van der Waals surface area contributed by atoms with Crippen molar-refractivity contribution >= 4 is 5.65 Å². The van der Waals surface area contributed by atoms with Crippen LogP contribution >= 0.6 is 0 Å². The zero-order valence-electron chi connectivity index (χ0n) is 9.21. The molecule has 2 atom stereocenters. The van der Waals surface area contributed by atoms with E-state index in [1.54, 1.807) is 0 Å². The Morgan fingerprint density at radius 3 is 2.94 bits per heavy atom. The van der Waals surface area contributed by atoms with Crippen LogP contribution in [0.25, 0.3) is 5.65 Å². The van der Waals surface area contributed by atoms with Gasteiger partial charge in [-0.15, -0.1) is 10.2 Å². The second-order valence-electron chi connectivity index (χ2n) is 4.54. The summed E-state index contributed by atoms with van der Waals surface area (Å²) in [5.74, 6) is 1.40. The van der Waals surface area contributed by atoms with Crippen LogP contribution in [-0.4, -0.2) is 20.6 Å². The number of pyridine rings is 1. The third kappa shape index (κ3) is 1.50. The van der Waals surface area contributed by atoms with Crippen molar-refractivity contribution in [3.63, 3.8) is 0 Å². The van der Waals surface area contributed by atoms with Gasteiger partial charge in [-0.2, -0.15) is 0 Å². The number of nitrogens with two attached hydrogens (primary N) is 1. The highest BCUT2D eigenvalue weighted by Crippen LogP contribution is 2.30. The van der Waals surface area contributed by atoms with Gasteiger partial charge in [0, 0.05) is 18.2 Å². The monoisotopic (exact) mass is 216 g/mol. The summed E-state index contributed by atoms with van der Waals surface area (Å²) in [6.07, 6.45) is 6.75. The van der Waals surface area contributed by atoms with Crippen molar-refractivity contribution in [1.82, 2.24) is 14.6 Å². The highest BCUT2D eigenvalue weighted by molar-refractivity contribution is 5.37. The minimum atomic E-state index is 0.237. The lowest BCUT2D eigenvalue weighted by atomic mass is 9.84. The molecule has 1 fully saturated rings. The molecule has 1 aliphatic carbocycles. The first-order valence-corrected chi connectivity index (χ1v) is 5.91. The zero-order chi connectivity index (χ0) is 11.0. The normalized spacial score (nSPS) is 26.1. The van der Waals surface area contributed by atoms with Gasteiger partial charge < -0.3 is 5.73 Å². The molecule has 4 nitrogen and oxygen atoms in total. The SMILES string of the molecule is NC1CCCCC1c1nnc2ccccn12. The summed E-state index contributed by atoms with van der Waals surface area (Å²) in [7, 11) is 0. The predicted molar refractivity (Wildman–Crippen MR) is 62.2 cm³/mol. The molecule has 2 aromatic heterocycles. The van der Waals surface area contributed by atoms with E-state index in [1.807, 2.05) is 24.4 Å². The fourth-order valence-corrected chi connectivity index (χ4v) is 2.59. The number of nitrogens with zero attached hydrogens (tertiary/aromatic N) is 3. The quantitative estimate of drug-likeness (QED) is 0.789. The van der Waals surface area contributed by atoms with Crippen LogP contribution in [0.2, 0.25) is 0 Å². The summed E-state index contributed by atoms with van der Waals surface area (Å²) in [4.78, 5) is 0. The van der Waals surface area contributed by atoms with Crippen LogP contribution in [0.5, 0.6) is 0 Å². The second-order valence-corrected chi connectivity index (χ2v) is 4.54. The number of fused-ring (bicyclic) bond motifs is 1. The first-order chi connectivity index (χ1) is 7.86. The van der Waals surface area contributed by atoms with E-state index in [-0.39, 0.29) is 6.04 Å². The van der Waals surface area contributed by atoms with Crippen LogP contribution in [0.4, 0.5) is 0 Å². The third-order valence-electron chi connectivity index (χ3n) is 3.49. The molecule has 0 aliphatic heterocycles. The molecular formula is C12H16N4. The summed E-state index contributed by atoms with van der Waals surface area (Å²) in [5, 5.41) is 8.49. The molecular weight excluding hydrogens is 200 g/mol. The van der Waals surface area contributed by atoms with E-state index < -0.39 is 0 Å². The van der Waals surface area contributed by atoms with E-state index in [1.165, 1.54) is 12.8 Å². The maximum absolute atomic E-state index is 6.18. The molecule has 2 aromatic rings. The minimum absolute atomic E-state index is 0.237. The van der Waals surface area contributed by atoms with Crippen LogP contribution in [0, 0.1) is 0 Å². The van der Waals surface area contributed by atoms with Crippen LogP contribution in [0.15, 0.2) is 24.4 Å². The Balaban J connectivity index is 2.04. The Morgan fingerprint density at radius 2 is 2.06 bits per heavy atom. The Bertz CT molecular complexity index is 490. The maximum atomic E-state index is 6.18. The molecule has 84 valence electrons. The Hall–Kier alpha value is -1.42. The highest BCUT2D eigenvalue weighted by Gasteiger charge is 2.27. The molecule has 0 bridgehead atoms. The van der Waals surface area contributed by atoms with Crippen molar-refractivity contribution in [2.75, 3.05) is 0 Å². The van der Waals surface area contributed by atoms with Gasteiger partial charge in [-0.05, 0) is 25.0 Å². The smallest absolute Gasteiger partial charge is 0.160 e. The van der Waals surface area contributed by atoms with Gasteiger partial charge in [-0.3, -0.25) is 4.40 Å². The van der Waals surface area contributed by atoms with Gasteiger partial charge in [-0.1, -0.05) is 18.9 Å². The zero-order valence-corrected chi connectivity index (χ0v) is 9.21. The third-order valence-corrected chi connectivity index (χ3v) is 3.49. The average Bonchev–Trinajstić information content (AvgIpc) is 2.74. The largest absolute Gasteiger partial charge is 0.327 e. The van der Waals surface area contributed by atoms with Crippen LogP contribution < -0.4 is 5.73 Å².